The summed E-state index contributed by atoms with van der Waals surface area (Å²) in [7, 11) is 0. The van der Waals surface area contributed by atoms with Crippen LogP contribution in [0.2, 0.25) is 0 Å². The Morgan fingerprint density at radius 1 is 1.41 bits per heavy atom. The van der Waals surface area contributed by atoms with E-state index in [1.165, 1.54) is 0 Å². The predicted molar refractivity (Wildman–Crippen MR) is 68.8 cm³/mol. The van der Waals surface area contributed by atoms with Crippen molar-refractivity contribution in [2.24, 2.45) is 5.73 Å². The molecule has 0 aliphatic carbocycles. The number of nitrogens with two attached hydrogens (primary N) is 1. The minimum Gasteiger partial charge on any atom is -0.394 e. The Bertz CT molecular complexity index is 397. The van der Waals surface area contributed by atoms with Gasteiger partial charge in [-0.1, -0.05) is 39.0 Å². The number of hydrogen-bond donors (Lipinski definition) is 3. The number of amides is 1. The van der Waals surface area contributed by atoms with E-state index in [0.717, 1.165) is 11.3 Å². The Labute approximate surface area is 102 Å². The molecule has 0 bridgehead atoms. The summed E-state index contributed by atoms with van der Waals surface area (Å²) < 4.78 is 0. The molecule has 4 N–H and O–H groups in total. The van der Waals surface area contributed by atoms with Crippen LogP contribution in [0.3, 0.4) is 0 Å². The van der Waals surface area contributed by atoms with Crippen molar-refractivity contribution in [1.29, 1.82) is 0 Å². The fourth-order valence-corrected chi connectivity index (χ4v) is 1.55. The van der Waals surface area contributed by atoms with E-state index in [9.17, 15) is 4.79 Å². The lowest BCUT2D eigenvalue weighted by molar-refractivity contribution is -0.118. The van der Waals surface area contributed by atoms with E-state index in [2.05, 4.69) is 26.1 Å². The molecule has 1 rings (SSSR count). The minimum absolute atomic E-state index is 0.0623. The number of carbonyl (C=O) groups excluding carboxylic acids is 1. The Morgan fingerprint density at radius 2 is 2.00 bits per heavy atom. The van der Waals surface area contributed by atoms with Gasteiger partial charge in [0.15, 0.2) is 0 Å². The standard InChI is InChI=1S/C13H20N2O2/c1-13(2,3)9-6-4-5-7-11(9)15-12(17)10(14)8-16/h4-7,10,16H,8,14H2,1-3H3,(H,15,17). The molecule has 0 aromatic heterocycles. The van der Waals surface area contributed by atoms with Gasteiger partial charge in [0.05, 0.1) is 6.61 Å². The molecule has 0 saturated carbocycles. The van der Waals surface area contributed by atoms with E-state index < -0.39 is 6.04 Å². The number of anilines is 1. The molecule has 4 nitrogen and oxygen atoms in total. The van der Waals surface area contributed by atoms with Crippen molar-refractivity contribution < 1.29 is 9.90 Å². The molecule has 1 amide bonds. The first-order chi connectivity index (χ1) is 7.86. The van der Waals surface area contributed by atoms with E-state index in [-0.39, 0.29) is 17.9 Å². The molecule has 0 aliphatic heterocycles. The summed E-state index contributed by atoms with van der Waals surface area (Å²) in [5.41, 5.74) is 7.18. The zero-order valence-electron chi connectivity index (χ0n) is 10.5. The lowest BCUT2D eigenvalue weighted by Crippen LogP contribution is -2.39. The average molecular weight is 236 g/mol. The van der Waals surface area contributed by atoms with Gasteiger partial charge >= 0.3 is 0 Å². The van der Waals surface area contributed by atoms with Crippen LogP contribution >= 0.6 is 0 Å². The van der Waals surface area contributed by atoms with Crippen molar-refractivity contribution in [1.82, 2.24) is 0 Å². The third kappa shape index (κ3) is 3.54. The SMILES string of the molecule is CC(C)(C)c1ccccc1NC(=O)C(N)CO. The van der Waals surface area contributed by atoms with Gasteiger partial charge < -0.3 is 16.2 Å². The van der Waals surface area contributed by atoms with Gasteiger partial charge in [-0.25, -0.2) is 0 Å². The van der Waals surface area contributed by atoms with E-state index in [4.69, 9.17) is 10.8 Å². The van der Waals surface area contributed by atoms with Crippen LogP contribution in [0.1, 0.15) is 26.3 Å². The number of nitrogens with one attached hydrogen (secondary N) is 1. The minimum atomic E-state index is -0.886. The second-order valence-corrected chi connectivity index (χ2v) is 5.07. The molecule has 17 heavy (non-hydrogen) atoms. The topological polar surface area (TPSA) is 75.4 Å². The molecule has 0 aliphatic rings. The summed E-state index contributed by atoms with van der Waals surface area (Å²) in [4.78, 5) is 11.6. The second-order valence-electron chi connectivity index (χ2n) is 5.07. The highest BCUT2D eigenvalue weighted by Gasteiger charge is 2.20. The molecular weight excluding hydrogens is 216 g/mol. The molecule has 0 radical (unpaired) electrons. The van der Waals surface area contributed by atoms with Gasteiger partial charge in [0.2, 0.25) is 5.91 Å². The molecule has 94 valence electrons. The van der Waals surface area contributed by atoms with Crippen LogP contribution in [0, 0.1) is 0 Å². The van der Waals surface area contributed by atoms with Crippen molar-refractivity contribution in [2.45, 2.75) is 32.2 Å². The third-order valence-electron chi connectivity index (χ3n) is 2.53. The van der Waals surface area contributed by atoms with Gasteiger partial charge in [0.1, 0.15) is 6.04 Å². The number of aliphatic hydroxyl groups is 1. The normalized spacial score (nSPS) is 13.2. The van der Waals surface area contributed by atoms with E-state index >= 15 is 0 Å². The van der Waals surface area contributed by atoms with Crippen LogP contribution in [-0.2, 0) is 10.2 Å². The first kappa shape index (κ1) is 13.7. The Balaban J connectivity index is 2.96. The predicted octanol–water partition coefficient (Wildman–Crippen LogP) is 1.24. The second kappa shape index (κ2) is 5.29. The fraction of sp³-hybridized carbons (Fsp3) is 0.462. The molecule has 0 fully saturated rings. The summed E-state index contributed by atoms with van der Waals surface area (Å²) in [5, 5.41) is 11.6. The molecular formula is C13H20N2O2. The van der Waals surface area contributed by atoms with Gasteiger partial charge in [-0.05, 0) is 17.0 Å². The van der Waals surface area contributed by atoms with Gasteiger partial charge in [0, 0.05) is 5.69 Å². The van der Waals surface area contributed by atoms with E-state index in [1.807, 2.05) is 24.3 Å². The summed E-state index contributed by atoms with van der Waals surface area (Å²) in [6, 6.07) is 6.71. The number of para-hydroxylation sites is 1. The smallest absolute Gasteiger partial charge is 0.243 e. The van der Waals surface area contributed by atoms with Crippen molar-refractivity contribution in [3.05, 3.63) is 29.8 Å². The maximum Gasteiger partial charge on any atom is 0.243 e. The Morgan fingerprint density at radius 3 is 2.53 bits per heavy atom. The highest BCUT2D eigenvalue weighted by molar-refractivity contribution is 5.95. The summed E-state index contributed by atoms with van der Waals surface area (Å²) in [6.45, 7) is 5.86. The van der Waals surface area contributed by atoms with Crippen LogP contribution in [-0.4, -0.2) is 23.7 Å². The van der Waals surface area contributed by atoms with Crippen LogP contribution in [0.25, 0.3) is 0 Å². The zero-order chi connectivity index (χ0) is 13.1. The number of rotatable bonds is 3. The van der Waals surface area contributed by atoms with Gasteiger partial charge in [0.25, 0.3) is 0 Å². The van der Waals surface area contributed by atoms with Crippen molar-refractivity contribution in [3.8, 4) is 0 Å². The van der Waals surface area contributed by atoms with Gasteiger partial charge in [-0.2, -0.15) is 0 Å². The maximum atomic E-state index is 11.6. The van der Waals surface area contributed by atoms with Gasteiger partial charge in [-0.3, -0.25) is 4.79 Å². The number of hydrogen-bond acceptors (Lipinski definition) is 3. The number of carbonyl (C=O) groups is 1. The quantitative estimate of drug-likeness (QED) is 0.739. The fourth-order valence-electron chi connectivity index (χ4n) is 1.55. The van der Waals surface area contributed by atoms with Gasteiger partial charge in [-0.15, -0.1) is 0 Å². The van der Waals surface area contributed by atoms with Crippen LogP contribution < -0.4 is 11.1 Å². The highest BCUT2D eigenvalue weighted by Crippen LogP contribution is 2.29. The summed E-state index contributed by atoms with van der Waals surface area (Å²) in [6.07, 6.45) is 0. The zero-order valence-corrected chi connectivity index (χ0v) is 10.5. The van der Waals surface area contributed by atoms with Crippen LogP contribution in [0.5, 0.6) is 0 Å². The number of aliphatic hydroxyl groups excluding tert-OH is 1. The lowest BCUT2D eigenvalue weighted by Gasteiger charge is -2.23. The largest absolute Gasteiger partial charge is 0.394 e. The Kier molecular flexibility index (Phi) is 4.26. The average Bonchev–Trinajstić information content (AvgIpc) is 2.27. The molecule has 0 saturated heterocycles. The molecule has 1 aromatic carbocycles. The summed E-state index contributed by atoms with van der Waals surface area (Å²) >= 11 is 0. The first-order valence-electron chi connectivity index (χ1n) is 5.63. The third-order valence-corrected chi connectivity index (χ3v) is 2.53. The lowest BCUT2D eigenvalue weighted by atomic mass is 9.86. The summed E-state index contributed by atoms with van der Waals surface area (Å²) in [5.74, 6) is -0.371. The first-order valence-corrected chi connectivity index (χ1v) is 5.63. The molecule has 4 heteroatoms. The van der Waals surface area contributed by atoms with Crippen molar-refractivity contribution in [2.75, 3.05) is 11.9 Å². The van der Waals surface area contributed by atoms with E-state index in [1.54, 1.807) is 0 Å². The van der Waals surface area contributed by atoms with Crippen LogP contribution in [0.15, 0.2) is 24.3 Å². The monoisotopic (exact) mass is 236 g/mol. The van der Waals surface area contributed by atoms with E-state index in [0.29, 0.717) is 0 Å². The van der Waals surface area contributed by atoms with Crippen LogP contribution in [0.4, 0.5) is 5.69 Å². The highest BCUT2D eigenvalue weighted by atomic mass is 16.3. The maximum absolute atomic E-state index is 11.6. The molecule has 1 unspecified atom stereocenters. The van der Waals surface area contributed by atoms with Crippen molar-refractivity contribution in [3.63, 3.8) is 0 Å². The number of benzene rings is 1. The molecule has 1 aromatic rings. The van der Waals surface area contributed by atoms with Crippen molar-refractivity contribution >= 4 is 11.6 Å². The molecule has 0 spiro atoms. The Hall–Kier alpha value is -1.39. The molecule has 1 atom stereocenters. The molecule has 0 heterocycles.